The van der Waals surface area contributed by atoms with E-state index in [1.807, 2.05) is 30.3 Å². The predicted octanol–water partition coefficient (Wildman–Crippen LogP) is 0.921. The molecule has 1 aromatic carbocycles. The van der Waals surface area contributed by atoms with Gasteiger partial charge >= 0.3 is 0 Å². The van der Waals surface area contributed by atoms with Crippen molar-refractivity contribution >= 4 is 5.91 Å². The maximum atomic E-state index is 11.7. The third-order valence-corrected chi connectivity index (χ3v) is 3.09. The van der Waals surface area contributed by atoms with Gasteiger partial charge in [0.25, 0.3) is 5.91 Å². The van der Waals surface area contributed by atoms with Crippen molar-refractivity contribution in [2.45, 2.75) is 12.8 Å². The SMILES string of the molecule is O=C(NNCC1CCNCC1)c1ccccc1. The van der Waals surface area contributed by atoms with E-state index in [4.69, 9.17) is 0 Å². The van der Waals surface area contributed by atoms with E-state index in [0.29, 0.717) is 11.5 Å². The molecule has 0 aromatic heterocycles. The number of hydrazine groups is 1. The fraction of sp³-hybridized carbons (Fsp3) is 0.462. The van der Waals surface area contributed by atoms with Crippen LogP contribution in [0.2, 0.25) is 0 Å². The number of rotatable bonds is 4. The largest absolute Gasteiger partial charge is 0.317 e. The second-order valence-electron chi connectivity index (χ2n) is 4.39. The molecule has 4 nitrogen and oxygen atoms in total. The quantitative estimate of drug-likeness (QED) is 0.678. The molecule has 0 radical (unpaired) electrons. The standard InChI is InChI=1S/C13H19N3O/c17-13(12-4-2-1-3-5-12)16-15-10-11-6-8-14-9-7-11/h1-5,11,14-15H,6-10H2,(H,16,17). The summed E-state index contributed by atoms with van der Waals surface area (Å²) in [6.45, 7) is 3.01. The highest BCUT2D eigenvalue weighted by Crippen LogP contribution is 2.09. The Morgan fingerprint density at radius 1 is 1.24 bits per heavy atom. The van der Waals surface area contributed by atoms with Gasteiger partial charge < -0.3 is 5.32 Å². The van der Waals surface area contributed by atoms with E-state index >= 15 is 0 Å². The molecule has 0 atom stereocenters. The maximum Gasteiger partial charge on any atom is 0.265 e. The molecule has 2 rings (SSSR count). The molecule has 4 heteroatoms. The van der Waals surface area contributed by atoms with Crippen LogP contribution in [0.15, 0.2) is 30.3 Å². The lowest BCUT2D eigenvalue weighted by Crippen LogP contribution is -2.42. The van der Waals surface area contributed by atoms with Crippen LogP contribution in [0.25, 0.3) is 0 Å². The van der Waals surface area contributed by atoms with Gasteiger partial charge in [0.2, 0.25) is 0 Å². The minimum absolute atomic E-state index is 0.0699. The zero-order valence-electron chi connectivity index (χ0n) is 9.91. The summed E-state index contributed by atoms with van der Waals surface area (Å²) in [5.41, 5.74) is 6.45. The van der Waals surface area contributed by atoms with Crippen molar-refractivity contribution in [2.75, 3.05) is 19.6 Å². The van der Waals surface area contributed by atoms with E-state index in [1.165, 1.54) is 12.8 Å². The van der Waals surface area contributed by atoms with Crippen LogP contribution in [0.4, 0.5) is 0 Å². The van der Waals surface area contributed by atoms with Crippen LogP contribution < -0.4 is 16.2 Å². The minimum atomic E-state index is -0.0699. The third kappa shape index (κ3) is 3.84. The van der Waals surface area contributed by atoms with E-state index < -0.39 is 0 Å². The topological polar surface area (TPSA) is 53.2 Å². The lowest BCUT2D eigenvalue weighted by atomic mass is 9.99. The smallest absolute Gasteiger partial charge is 0.265 e. The number of amides is 1. The number of piperidine rings is 1. The Hall–Kier alpha value is -1.39. The van der Waals surface area contributed by atoms with Crippen LogP contribution in [0, 0.1) is 5.92 Å². The normalized spacial score (nSPS) is 16.7. The molecule has 0 saturated carbocycles. The monoisotopic (exact) mass is 233 g/mol. The number of hydrogen-bond acceptors (Lipinski definition) is 3. The first-order valence-electron chi connectivity index (χ1n) is 6.15. The Kier molecular flexibility index (Phi) is 4.53. The molecule has 3 N–H and O–H groups in total. The molecule has 1 aliphatic heterocycles. The summed E-state index contributed by atoms with van der Waals surface area (Å²) < 4.78 is 0. The molecule has 1 fully saturated rings. The number of benzene rings is 1. The van der Waals surface area contributed by atoms with Gasteiger partial charge in [0.05, 0.1) is 0 Å². The minimum Gasteiger partial charge on any atom is -0.317 e. The Balaban J connectivity index is 1.69. The molecule has 1 amide bonds. The molecule has 1 heterocycles. The zero-order valence-corrected chi connectivity index (χ0v) is 9.91. The van der Waals surface area contributed by atoms with E-state index in [1.54, 1.807) is 0 Å². The fourth-order valence-corrected chi connectivity index (χ4v) is 2.02. The lowest BCUT2D eigenvalue weighted by molar-refractivity contribution is 0.0929. The number of hydrogen-bond donors (Lipinski definition) is 3. The summed E-state index contributed by atoms with van der Waals surface area (Å²) in [4.78, 5) is 11.7. The Labute approximate surface area is 102 Å². The fourth-order valence-electron chi connectivity index (χ4n) is 2.02. The van der Waals surface area contributed by atoms with E-state index in [0.717, 1.165) is 19.6 Å². The van der Waals surface area contributed by atoms with Gasteiger partial charge in [0.1, 0.15) is 0 Å². The second kappa shape index (κ2) is 6.37. The van der Waals surface area contributed by atoms with Crippen molar-refractivity contribution in [1.29, 1.82) is 0 Å². The number of carbonyl (C=O) groups excluding carboxylic acids is 1. The summed E-state index contributed by atoms with van der Waals surface area (Å²) in [6.07, 6.45) is 2.35. The van der Waals surface area contributed by atoms with E-state index in [9.17, 15) is 4.79 Å². The van der Waals surface area contributed by atoms with Gasteiger partial charge in [-0.05, 0) is 44.0 Å². The van der Waals surface area contributed by atoms with Crippen LogP contribution in [0.5, 0.6) is 0 Å². The number of nitrogens with one attached hydrogen (secondary N) is 3. The van der Waals surface area contributed by atoms with Crippen molar-refractivity contribution in [3.8, 4) is 0 Å². The summed E-state index contributed by atoms with van der Waals surface area (Å²) in [5, 5.41) is 3.32. The summed E-state index contributed by atoms with van der Waals surface area (Å²) >= 11 is 0. The summed E-state index contributed by atoms with van der Waals surface area (Å²) in [5.74, 6) is 0.590. The Bertz CT molecular complexity index is 347. The molecule has 0 spiro atoms. The molecule has 1 aromatic rings. The second-order valence-corrected chi connectivity index (χ2v) is 4.39. The first kappa shape index (κ1) is 12.1. The van der Waals surface area contributed by atoms with Gasteiger partial charge in [-0.3, -0.25) is 10.2 Å². The van der Waals surface area contributed by atoms with Gasteiger partial charge in [0, 0.05) is 12.1 Å². The molecule has 17 heavy (non-hydrogen) atoms. The highest BCUT2D eigenvalue weighted by atomic mass is 16.2. The van der Waals surface area contributed by atoms with Crippen molar-refractivity contribution < 1.29 is 4.79 Å². The highest BCUT2D eigenvalue weighted by Gasteiger charge is 2.12. The van der Waals surface area contributed by atoms with Crippen molar-refractivity contribution in [1.82, 2.24) is 16.2 Å². The van der Waals surface area contributed by atoms with Crippen LogP contribution >= 0.6 is 0 Å². The van der Waals surface area contributed by atoms with Crippen LogP contribution in [0.1, 0.15) is 23.2 Å². The van der Waals surface area contributed by atoms with Crippen molar-refractivity contribution in [2.24, 2.45) is 5.92 Å². The van der Waals surface area contributed by atoms with Gasteiger partial charge in [-0.1, -0.05) is 18.2 Å². The average molecular weight is 233 g/mol. The van der Waals surface area contributed by atoms with Gasteiger partial charge in [-0.2, -0.15) is 0 Å². The average Bonchev–Trinajstić information content (AvgIpc) is 2.41. The summed E-state index contributed by atoms with van der Waals surface area (Å²) in [6, 6.07) is 9.24. The molecular weight excluding hydrogens is 214 g/mol. The molecule has 0 unspecified atom stereocenters. The van der Waals surface area contributed by atoms with Crippen molar-refractivity contribution in [3.05, 3.63) is 35.9 Å². The Morgan fingerprint density at radius 2 is 1.94 bits per heavy atom. The third-order valence-electron chi connectivity index (χ3n) is 3.09. The molecule has 92 valence electrons. The first-order valence-corrected chi connectivity index (χ1v) is 6.15. The number of carbonyl (C=O) groups is 1. The Morgan fingerprint density at radius 3 is 2.65 bits per heavy atom. The van der Waals surface area contributed by atoms with Crippen LogP contribution in [-0.4, -0.2) is 25.5 Å². The van der Waals surface area contributed by atoms with Crippen LogP contribution in [-0.2, 0) is 0 Å². The first-order chi connectivity index (χ1) is 8.36. The van der Waals surface area contributed by atoms with E-state index in [-0.39, 0.29) is 5.91 Å². The molecular formula is C13H19N3O. The zero-order chi connectivity index (χ0) is 11.9. The van der Waals surface area contributed by atoms with E-state index in [2.05, 4.69) is 16.2 Å². The van der Waals surface area contributed by atoms with Crippen molar-refractivity contribution in [3.63, 3.8) is 0 Å². The maximum absolute atomic E-state index is 11.7. The molecule has 0 bridgehead atoms. The van der Waals surface area contributed by atoms with Crippen LogP contribution in [0.3, 0.4) is 0 Å². The predicted molar refractivity (Wildman–Crippen MR) is 67.5 cm³/mol. The van der Waals surface area contributed by atoms with Gasteiger partial charge in [0.15, 0.2) is 0 Å². The van der Waals surface area contributed by atoms with Gasteiger partial charge in [-0.25, -0.2) is 5.43 Å². The van der Waals surface area contributed by atoms with Gasteiger partial charge in [-0.15, -0.1) is 0 Å². The molecule has 1 saturated heterocycles. The highest BCUT2D eigenvalue weighted by molar-refractivity contribution is 5.93. The lowest BCUT2D eigenvalue weighted by Gasteiger charge is -2.22. The summed E-state index contributed by atoms with van der Waals surface area (Å²) in [7, 11) is 0. The molecule has 0 aliphatic carbocycles. The molecule has 1 aliphatic rings.